The summed E-state index contributed by atoms with van der Waals surface area (Å²) < 4.78 is 5.45. The van der Waals surface area contributed by atoms with Crippen LogP contribution in [0.2, 0.25) is 0 Å². The van der Waals surface area contributed by atoms with Crippen LogP contribution in [0.15, 0.2) is 12.3 Å². The molecular formula is C14H20N4O2S. The van der Waals surface area contributed by atoms with E-state index in [1.54, 1.807) is 12.3 Å². The normalized spacial score (nSPS) is 11.2. The van der Waals surface area contributed by atoms with Crippen LogP contribution >= 0.6 is 11.3 Å². The Morgan fingerprint density at radius 3 is 3.00 bits per heavy atom. The van der Waals surface area contributed by atoms with E-state index < -0.39 is 0 Å². The molecule has 2 heterocycles. The van der Waals surface area contributed by atoms with Crippen LogP contribution in [-0.4, -0.2) is 35.4 Å². The number of nitrogens with two attached hydrogens (primary N) is 1. The summed E-state index contributed by atoms with van der Waals surface area (Å²) in [6.07, 6.45) is 3.62. The van der Waals surface area contributed by atoms with Crippen molar-refractivity contribution in [2.45, 2.75) is 32.8 Å². The number of anilines is 1. The van der Waals surface area contributed by atoms with E-state index in [2.05, 4.69) is 15.5 Å². The Morgan fingerprint density at radius 2 is 2.29 bits per heavy atom. The molecule has 2 rings (SSSR count). The highest BCUT2D eigenvalue weighted by molar-refractivity contribution is 7.21. The summed E-state index contributed by atoms with van der Waals surface area (Å²) in [5.41, 5.74) is 6.46. The third-order valence-electron chi connectivity index (χ3n) is 2.93. The summed E-state index contributed by atoms with van der Waals surface area (Å²) in [5, 5.41) is 11.4. The van der Waals surface area contributed by atoms with E-state index in [1.807, 2.05) is 13.8 Å². The van der Waals surface area contributed by atoms with E-state index in [4.69, 9.17) is 10.5 Å². The molecule has 0 radical (unpaired) electrons. The zero-order valence-electron chi connectivity index (χ0n) is 12.3. The second-order valence-corrected chi connectivity index (χ2v) is 5.98. The topological polar surface area (TPSA) is 90.1 Å². The number of nitrogen functional groups attached to an aromatic ring is 1. The van der Waals surface area contributed by atoms with Gasteiger partial charge in [-0.1, -0.05) is 0 Å². The average Bonchev–Trinajstić information content (AvgIpc) is 2.80. The molecule has 0 saturated heterocycles. The number of aromatic nitrogens is 2. The van der Waals surface area contributed by atoms with Crippen LogP contribution in [0.25, 0.3) is 10.2 Å². The van der Waals surface area contributed by atoms with Crippen molar-refractivity contribution in [3.05, 3.63) is 17.1 Å². The number of amides is 1. The molecule has 1 amide bonds. The number of thiophene rings is 1. The van der Waals surface area contributed by atoms with Gasteiger partial charge < -0.3 is 15.8 Å². The molecule has 0 fully saturated rings. The van der Waals surface area contributed by atoms with Crippen LogP contribution in [0.4, 0.5) is 5.69 Å². The first-order valence-electron chi connectivity index (χ1n) is 6.99. The molecule has 7 heteroatoms. The number of nitrogens with one attached hydrogen (secondary N) is 1. The van der Waals surface area contributed by atoms with Crippen LogP contribution in [0.5, 0.6) is 0 Å². The zero-order valence-corrected chi connectivity index (χ0v) is 13.1. The van der Waals surface area contributed by atoms with E-state index in [1.165, 1.54) is 11.3 Å². The van der Waals surface area contributed by atoms with E-state index in [9.17, 15) is 4.79 Å². The van der Waals surface area contributed by atoms with E-state index in [0.29, 0.717) is 28.5 Å². The fourth-order valence-corrected chi connectivity index (χ4v) is 2.82. The maximum absolute atomic E-state index is 12.1. The number of rotatable bonds is 7. The Hall–Kier alpha value is -1.73. The highest BCUT2D eigenvalue weighted by atomic mass is 32.1. The van der Waals surface area contributed by atoms with Gasteiger partial charge in [0, 0.05) is 18.5 Å². The molecular weight excluding hydrogens is 288 g/mol. The Kier molecular flexibility index (Phi) is 5.46. The first-order valence-corrected chi connectivity index (χ1v) is 7.80. The predicted octanol–water partition coefficient (Wildman–Crippen LogP) is 2.21. The van der Waals surface area contributed by atoms with Crippen molar-refractivity contribution in [2.24, 2.45) is 0 Å². The molecule has 21 heavy (non-hydrogen) atoms. The number of fused-ring (bicyclic) bond motifs is 1. The van der Waals surface area contributed by atoms with Gasteiger partial charge in [0.25, 0.3) is 5.91 Å². The van der Waals surface area contributed by atoms with Gasteiger partial charge in [-0.3, -0.25) is 4.79 Å². The van der Waals surface area contributed by atoms with Gasteiger partial charge in [0.15, 0.2) is 0 Å². The van der Waals surface area contributed by atoms with Crippen molar-refractivity contribution < 1.29 is 9.53 Å². The lowest BCUT2D eigenvalue weighted by Crippen LogP contribution is -2.24. The molecule has 0 aliphatic rings. The number of ether oxygens (including phenoxy) is 1. The maximum Gasteiger partial charge on any atom is 0.263 e. The van der Waals surface area contributed by atoms with Gasteiger partial charge in [-0.05, 0) is 32.8 Å². The molecule has 2 aromatic rings. The largest absolute Gasteiger partial charge is 0.397 e. The van der Waals surface area contributed by atoms with E-state index in [-0.39, 0.29) is 12.0 Å². The second kappa shape index (κ2) is 7.33. The highest BCUT2D eigenvalue weighted by Gasteiger charge is 2.16. The third-order valence-corrected chi connectivity index (χ3v) is 4.04. The molecule has 0 aliphatic heterocycles. The number of unbranched alkanes of at least 4 members (excludes halogenated alkanes) is 1. The molecule has 0 aromatic carbocycles. The molecule has 2 aromatic heterocycles. The summed E-state index contributed by atoms with van der Waals surface area (Å²) in [5.74, 6) is -0.153. The number of carbonyl (C=O) groups excluding carboxylic acids is 1. The molecule has 114 valence electrons. The number of nitrogens with zero attached hydrogens (tertiary/aromatic N) is 2. The Bertz CT molecular complexity index is 612. The first-order chi connectivity index (χ1) is 10.1. The fraction of sp³-hybridized carbons (Fsp3) is 0.500. The van der Waals surface area contributed by atoms with Crippen molar-refractivity contribution in [3.8, 4) is 0 Å². The molecule has 3 N–H and O–H groups in total. The summed E-state index contributed by atoms with van der Waals surface area (Å²) in [4.78, 5) is 13.3. The van der Waals surface area contributed by atoms with E-state index >= 15 is 0 Å². The zero-order chi connectivity index (χ0) is 15.2. The minimum atomic E-state index is -0.153. The van der Waals surface area contributed by atoms with Crippen LogP contribution in [0.1, 0.15) is 36.4 Å². The number of hydrogen-bond donors (Lipinski definition) is 2. The minimum absolute atomic E-state index is 0.153. The SMILES string of the molecule is CC(C)OCCCCNC(=O)c1sc2nnccc2c1N. The smallest absolute Gasteiger partial charge is 0.263 e. The van der Waals surface area contributed by atoms with Gasteiger partial charge in [0.1, 0.15) is 9.71 Å². The molecule has 0 saturated carbocycles. The second-order valence-electron chi connectivity index (χ2n) is 4.98. The third kappa shape index (κ3) is 4.12. The van der Waals surface area contributed by atoms with Gasteiger partial charge >= 0.3 is 0 Å². The lowest BCUT2D eigenvalue weighted by atomic mass is 10.2. The van der Waals surface area contributed by atoms with Gasteiger partial charge in [0.2, 0.25) is 0 Å². The molecule has 0 atom stereocenters. The minimum Gasteiger partial charge on any atom is -0.397 e. The summed E-state index contributed by atoms with van der Waals surface area (Å²) in [6.45, 7) is 5.34. The van der Waals surface area contributed by atoms with Crippen LogP contribution < -0.4 is 11.1 Å². The first kappa shape index (κ1) is 15.7. The van der Waals surface area contributed by atoms with Crippen molar-refractivity contribution in [1.29, 1.82) is 0 Å². The monoisotopic (exact) mass is 308 g/mol. The lowest BCUT2D eigenvalue weighted by molar-refractivity contribution is 0.0754. The Labute approximate surface area is 127 Å². The highest BCUT2D eigenvalue weighted by Crippen LogP contribution is 2.31. The van der Waals surface area contributed by atoms with Gasteiger partial charge in [-0.15, -0.1) is 16.4 Å². The molecule has 6 nitrogen and oxygen atoms in total. The number of hydrogen-bond acceptors (Lipinski definition) is 6. The lowest BCUT2D eigenvalue weighted by Gasteiger charge is -2.07. The van der Waals surface area contributed by atoms with Crippen LogP contribution in [0, 0.1) is 0 Å². The number of carbonyl (C=O) groups is 1. The Balaban J connectivity index is 1.84. The summed E-state index contributed by atoms with van der Waals surface area (Å²) in [7, 11) is 0. The van der Waals surface area contributed by atoms with Crippen LogP contribution in [0.3, 0.4) is 0 Å². The van der Waals surface area contributed by atoms with Crippen LogP contribution in [-0.2, 0) is 4.74 Å². The summed E-state index contributed by atoms with van der Waals surface area (Å²) >= 11 is 1.27. The van der Waals surface area contributed by atoms with Crippen molar-refractivity contribution in [1.82, 2.24) is 15.5 Å². The van der Waals surface area contributed by atoms with Gasteiger partial charge in [0.05, 0.1) is 18.0 Å². The van der Waals surface area contributed by atoms with Crippen molar-refractivity contribution in [3.63, 3.8) is 0 Å². The predicted molar refractivity (Wildman–Crippen MR) is 84.5 cm³/mol. The standard InChI is InChI=1S/C14H20N4O2S/c1-9(2)20-8-4-3-6-16-13(19)12-11(15)10-5-7-17-18-14(10)21-12/h5,7,9H,3-4,6,8,15H2,1-2H3,(H,16,19). The molecule has 0 bridgehead atoms. The summed E-state index contributed by atoms with van der Waals surface area (Å²) in [6, 6.07) is 1.77. The van der Waals surface area contributed by atoms with Gasteiger partial charge in [-0.25, -0.2) is 0 Å². The van der Waals surface area contributed by atoms with Gasteiger partial charge in [-0.2, -0.15) is 5.10 Å². The van der Waals surface area contributed by atoms with Crippen molar-refractivity contribution in [2.75, 3.05) is 18.9 Å². The Morgan fingerprint density at radius 1 is 1.48 bits per heavy atom. The molecule has 0 spiro atoms. The molecule has 0 aliphatic carbocycles. The molecule has 0 unspecified atom stereocenters. The maximum atomic E-state index is 12.1. The van der Waals surface area contributed by atoms with Crippen molar-refractivity contribution >= 4 is 33.1 Å². The quantitative estimate of drug-likeness (QED) is 0.765. The van der Waals surface area contributed by atoms with E-state index in [0.717, 1.165) is 18.2 Å². The fourth-order valence-electron chi connectivity index (χ4n) is 1.87. The average molecular weight is 308 g/mol.